The number of methoxy groups -OCH3 is 1. The number of aliphatic hydroxyl groups is 1. The number of sulfonamides is 1. The molecule has 43 heavy (non-hydrogen) atoms. The Morgan fingerprint density at radius 3 is 2.51 bits per heavy atom. The third-order valence-corrected chi connectivity index (χ3v) is 9.24. The van der Waals surface area contributed by atoms with E-state index in [1.165, 1.54) is 41.6 Å². The van der Waals surface area contributed by atoms with E-state index in [2.05, 4.69) is 15.8 Å². The number of carbonyl (C=O) groups is 2. The van der Waals surface area contributed by atoms with Crippen LogP contribution in [-0.4, -0.2) is 85.8 Å². The van der Waals surface area contributed by atoms with Crippen LogP contribution in [-0.2, 0) is 10.0 Å². The maximum absolute atomic E-state index is 13.7. The monoisotopic (exact) mass is 615 g/mol. The number of aryl methyl sites for hydroxylation is 2. The molecule has 2 heterocycles. The summed E-state index contributed by atoms with van der Waals surface area (Å²) in [5, 5.41) is 19.1. The molecular weight excluding hydrogens is 578 g/mol. The number of nitrogens with zero attached hydrogens (tertiary/aromatic N) is 3. The number of rotatable bonds is 9. The molecule has 0 saturated carbocycles. The molecule has 1 aromatic heterocycles. The average Bonchev–Trinajstić information content (AvgIpc) is 3.30. The summed E-state index contributed by atoms with van der Waals surface area (Å²) >= 11 is 0. The minimum Gasteiger partial charge on any atom is -0.497 e. The molecule has 0 aliphatic carbocycles. The quantitative estimate of drug-likeness (QED) is 0.327. The topological polar surface area (TPSA) is 164 Å². The van der Waals surface area contributed by atoms with Crippen LogP contribution in [0, 0.1) is 19.8 Å². The van der Waals surface area contributed by atoms with Crippen LogP contribution in [0.2, 0.25) is 0 Å². The molecule has 3 aromatic rings. The second-order valence-corrected chi connectivity index (χ2v) is 12.6. The Hall–Kier alpha value is -4.14. The molecule has 0 radical (unpaired) electrons. The van der Waals surface area contributed by atoms with Gasteiger partial charge in [0.05, 0.1) is 36.8 Å². The van der Waals surface area contributed by atoms with Gasteiger partial charge in [-0.1, -0.05) is 12.1 Å². The lowest BCUT2D eigenvalue weighted by molar-refractivity contribution is 0.0387. The normalized spacial score (nSPS) is 17.9. The summed E-state index contributed by atoms with van der Waals surface area (Å²) in [6.07, 6.45) is -0.653. The van der Waals surface area contributed by atoms with Gasteiger partial charge >= 0.3 is 6.03 Å². The van der Waals surface area contributed by atoms with Crippen molar-refractivity contribution in [3.63, 3.8) is 0 Å². The number of amides is 3. The number of aliphatic hydroxyl groups excluding tert-OH is 1. The minimum atomic E-state index is -3.87. The van der Waals surface area contributed by atoms with Gasteiger partial charge in [-0.05, 0) is 63.2 Å². The zero-order valence-corrected chi connectivity index (χ0v) is 25.8. The van der Waals surface area contributed by atoms with Gasteiger partial charge in [-0.15, -0.1) is 0 Å². The highest BCUT2D eigenvalue weighted by molar-refractivity contribution is 7.89. The summed E-state index contributed by atoms with van der Waals surface area (Å²) in [5.41, 5.74) is 1.44. The van der Waals surface area contributed by atoms with Crippen LogP contribution in [0.15, 0.2) is 51.9 Å². The van der Waals surface area contributed by atoms with Gasteiger partial charge in [0.1, 0.15) is 29.0 Å². The highest BCUT2D eigenvalue weighted by Crippen LogP contribution is 2.31. The molecule has 13 nitrogen and oxygen atoms in total. The second kappa shape index (κ2) is 13.0. The van der Waals surface area contributed by atoms with E-state index in [-0.39, 0.29) is 41.8 Å². The number of urea groups is 1. The molecule has 0 unspecified atom stereocenters. The fraction of sp³-hybridized carbons (Fsp3) is 0.414. The number of ether oxygens (including phenoxy) is 2. The Morgan fingerprint density at radius 1 is 1.21 bits per heavy atom. The summed E-state index contributed by atoms with van der Waals surface area (Å²) in [4.78, 5) is 28.1. The predicted octanol–water partition coefficient (Wildman–Crippen LogP) is 3.48. The maximum Gasteiger partial charge on any atom is 0.323 e. The molecule has 1 aliphatic rings. The third kappa shape index (κ3) is 6.92. The van der Waals surface area contributed by atoms with Gasteiger partial charge in [0, 0.05) is 25.2 Å². The first-order valence-electron chi connectivity index (χ1n) is 13.7. The van der Waals surface area contributed by atoms with Crippen LogP contribution in [0.3, 0.4) is 0 Å². The van der Waals surface area contributed by atoms with E-state index in [9.17, 15) is 23.1 Å². The van der Waals surface area contributed by atoms with Crippen molar-refractivity contribution in [1.82, 2.24) is 14.4 Å². The van der Waals surface area contributed by atoms with Gasteiger partial charge in [-0.2, -0.15) is 4.31 Å². The standard InChI is InChI=1S/C29H37N5O8S/c1-17-14-34(18(2)16-35)28(36)24-13-21(30-29(37)31-27-19(3)32-42-20(27)4)7-12-25(24)41-26(17)15-33(5)43(38,39)23-10-8-22(40-6)9-11-23/h7-13,17-18,26,35H,14-16H2,1-6H3,(H2,30,31,37)/t17-,18-,26+/m0/s1. The summed E-state index contributed by atoms with van der Waals surface area (Å²) in [6, 6.07) is 9.64. The van der Waals surface area contributed by atoms with Crippen molar-refractivity contribution in [2.75, 3.05) is 44.5 Å². The Kier molecular flexibility index (Phi) is 9.62. The number of hydrogen-bond donors (Lipinski definition) is 3. The molecule has 0 bridgehead atoms. The van der Waals surface area contributed by atoms with Crippen molar-refractivity contribution < 1.29 is 37.1 Å². The number of fused-ring (bicyclic) bond motifs is 1. The predicted molar refractivity (Wildman–Crippen MR) is 159 cm³/mol. The second-order valence-electron chi connectivity index (χ2n) is 10.6. The lowest BCUT2D eigenvalue weighted by Gasteiger charge is -2.38. The zero-order valence-electron chi connectivity index (χ0n) is 24.9. The average molecular weight is 616 g/mol. The van der Waals surface area contributed by atoms with Gasteiger partial charge in [-0.3, -0.25) is 4.79 Å². The first-order valence-corrected chi connectivity index (χ1v) is 15.1. The lowest BCUT2D eigenvalue weighted by Crippen LogP contribution is -2.50. The Morgan fingerprint density at radius 2 is 1.91 bits per heavy atom. The Bertz CT molecular complexity index is 1550. The summed E-state index contributed by atoms with van der Waals surface area (Å²) in [5.74, 6) is 0.507. The first kappa shape index (κ1) is 31.8. The Labute approximate surface area is 250 Å². The van der Waals surface area contributed by atoms with E-state index >= 15 is 0 Å². The van der Waals surface area contributed by atoms with Crippen LogP contribution in [0.1, 0.15) is 35.7 Å². The van der Waals surface area contributed by atoms with Gasteiger partial charge in [0.2, 0.25) is 10.0 Å². The first-order chi connectivity index (χ1) is 20.3. The molecule has 0 spiro atoms. The van der Waals surface area contributed by atoms with E-state index in [0.29, 0.717) is 28.6 Å². The molecule has 14 heteroatoms. The summed E-state index contributed by atoms with van der Waals surface area (Å²) < 4.78 is 44.5. The number of nitrogens with one attached hydrogen (secondary N) is 2. The Balaban J connectivity index is 1.61. The van der Waals surface area contributed by atoms with Crippen molar-refractivity contribution in [3.05, 3.63) is 59.5 Å². The summed E-state index contributed by atoms with van der Waals surface area (Å²) in [6.45, 7) is 6.87. The number of anilines is 2. The fourth-order valence-corrected chi connectivity index (χ4v) is 5.92. The van der Waals surface area contributed by atoms with Crippen LogP contribution >= 0.6 is 0 Å². The molecule has 4 rings (SSSR count). The number of likely N-dealkylation sites (N-methyl/N-ethyl adjacent to an activating group) is 1. The van der Waals surface area contributed by atoms with E-state index in [1.54, 1.807) is 45.0 Å². The minimum absolute atomic E-state index is 0.00957. The molecule has 0 fully saturated rings. The van der Waals surface area contributed by atoms with Crippen molar-refractivity contribution in [3.8, 4) is 11.5 Å². The molecular formula is C29H37N5O8S. The number of aromatic nitrogens is 1. The highest BCUT2D eigenvalue weighted by Gasteiger charge is 2.35. The van der Waals surface area contributed by atoms with Crippen LogP contribution < -0.4 is 20.1 Å². The van der Waals surface area contributed by atoms with E-state index in [0.717, 1.165) is 0 Å². The molecule has 3 N–H and O–H groups in total. The SMILES string of the molecule is COc1ccc(S(=O)(=O)N(C)C[C@H]2Oc3ccc(NC(=O)Nc4c(C)noc4C)cc3C(=O)N([C@@H](C)CO)C[C@@H]2C)cc1. The van der Waals surface area contributed by atoms with Crippen LogP contribution in [0.25, 0.3) is 0 Å². The van der Waals surface area contributed by atoms with Gasteiger partial charge in [0.25, 0.3) is 5.91 Å². The largest absolute Gasteiger partial charge is 0.497 e. The molecule has 232 valence electrons. The summed E-state index contributed by atoms with van der Waals surface area (Å²) in [7, 11) is -0.894. The zero-order chi connectivity index (χ0) is 31.5. The van der Waals surface area contributed by atoms with Crippen molar-refractivity contribution >= 4 is 33.3 Å². The smallest absolute Gasteiger partial charge is 0.323 e. The molecule has 0 saturated heterocycles. The van der Waals surface area contributed by atoms with Crippen LogP contribution in [0.5, 0.6) is 11.5 Å². The lowest BCUT2D eigenvalue weighted by atomic mass is 9.99. The van der Waals surface area contributed by atoms with Gasteiger partial charge < -0.3 is 34.6 Å². The van der Waals surface area contributed by atoms with E-state index in [4.69, 9.17) is 14.0 Å². The number of carbonyl (C=O) groups excluding carboxylic acids is 2. The molecule has 3 amide bonds. The van der Waals surface area contributed by atoms with Gasteiger partial charge in [-0.25, -0.2) is 13.2 Å². The number of benzene rings is 2. The van der Waals surface area contributed by atoms with Crippen LogP contribution in [0.4, 0.5) is 16.2 Å². The molecule has 2 aromatic carbocycles. The maximum atomic E-state index is 13.7. The highest BCUT2D eigenvalue weighted by atomic mass is 32.2. The van der Waals surface area contributed by atoms with E-state index in [1.807, 2.05) is 6.92 Å². The molecule has 1 aliphatic heterocycles. The van der Waals surface area contributed by atoms with Gasteiger partial charge in [0.15, 0.2) is 5.76 Å². The number of hydrogen-bond acceptors (Lipinski definition) is 9. The van der Waals surface area contributed by atoms with Crippen molar-refractivity contribution in [2.45, 2.75) is 44.7 Å². The van der Waals surface area contributed by atoms with Crippen molar-refractivity contribution in [1.29, 1.82) is 0 Å². The van der Waals surface area contributed by atoms with Crippen molar-refractivity contribution in [2.24, 2.45) is 5.92 Å². The fourth-order valence-electron chi connectivity index (χ4n) is 4.73. The third-order valence-electron chi connectivity index (χ3n) is 7.40. The van der Waals surface area contributed by atoms with E-state index < -0.39 is 34.1 Å². The molecule has 3 atom stereocenters.